The van der Waals surface area contributed by atoms with Gasteiger partial charge in [-0.15, -0.1) is 0 Å². The van der Waals surface area contributed by atoms with Crippen molar-refractivity contribution in [1.82, 2.24) is 4.90 Å². The molecule has 1 saturated heterocycles. The summed E-state index contributed by atoms with van der Waals surface area (Å²) < 4.78 is 11.3. The molecule has 1 N–H and O–H groups in total. The lowest BCUT2D eigenvalue weighted by atomic mass is 10.1. The van der Waals surface area contributed by atoms with Crippen molar-refractivity contribution in [2.75, 3.05) is 19.7 Å². The van der Waals surface area contributed by atoms with Crippen molar-refractivity contribution >= 4 is 12.1 Å². The Hall–Kier alpha value is -2.24. The van der Waals surface area contributed by atoms with E-state index in [0.29, 0.717) is 26.1 Å². The van der Waals surface area contributed by atoms with Crippen molar-refractivity contribution in [2.24, 2.45) is 5.92 Å². The molecule has 6 nitrogen and oxygen atoms in total. The van der Waals surface area contributed by atoms with Gasteiger partial charge in [0.05, 0.1) is 6.61 Å². The molecule has 1 unspecified atom stereocenters. The summed E-state index contributed by atoms with van der Waals surface area (Å²) in [6.45, 7) is 9.44. The predicted octanol–water partition coefficient (Wildman–Crippen LogP) is 3.65. The SMILES string of the molecule is Cc1cc(CCC(=O)O)ccc1OCC1CCN(C(=O)OC(C)(C)C)C1. The Morgan fingerprint density at radius 1 is 1.31 bits per heavy atom. The maximum atomic E-state index is 12.1. The van der Waals surface area contributed by atoms with E-state index < -0.39 is 11.6 Å². The molecular weight excluding hydrogens is 334 g/mol. The van der Waals surface area contributed by atoms with Crippen LogP contribution in [0, 0.1) is 12.8 Å². The minimum atomic E-state index is -0.793. The van der Waals surface area contributed by atoms with Crippen molar-refractivity contribution in [2.45, 2.75) is 52.6 Å². The summed E-state index contributed by atoms with van der Waals surface area (Å²) >= 11 is 0. The number of hydrogen-bond donors (Lipinski definition) is 1. The molecule has 6 heteroatoms. The molecule has 0 aliphatic carbocycles. The Balaban J connectivity index is 1.82. The first-order valence-electron chi connectivity index (χ1n) is 9.06. The number of carboxylic acid groups (broad SMARTS) is 1. The van der Waals surface area contributed by atoms with Crippen LogP contribution in [0.25, 0.3) is 0 Å². The minimum absolute atomic E-state index is 0.127. The summed E-state index contributed by atoms with van der Waals surface area (Å²) in [5.74, 6) is 0.298. The molecule has 1 aliphatic rings. The summed E-state index contributed by atoms with van der Waals surface area (Å²) in [6, 6.07) is 5.78. The quantitative estimate of drug-likeness (QED) is 0.835. The van der Waals surface area contributed by atoms with E-state index in [0.717, 1.165) is 23.3 Å². The molecule has 0 aromatic heterocycles. The van der Waals surface area contributed by atoms with Crippen LogP contribution >= 0.6 is 0 Å². The molecule has 1 fully saturated rings. The maximum Gasteiger partial charge on any atom is 0.410 e. The number of aryl methyl sites for hydroxylation is 2. The molecule has 0 spiro atoms. The van der Waals surface area contributed by atoms with Crippen molar-refractivity contribution in [3.05, 3.63) is 29.3 Å². The Morgan fingerprint density at radius 2 is 2.04 bits per heavy atom. The first kappa shape index (κ1) is 20.1. The number of rotatable bonds is 6. The van der Waals surface area contributed by atoms with E-state index in [-0.39, 0.29) is 18.4 Å². The van der Waals surface area contributed by atoms with Crippen molar-refractivity contribution in [3.8, 4) is 5.75 Å². The number of hydrogen-bond acceptors (Lipinski definition) is 4. The molecule has 0 radical (unpaired) electrons. The molecule has 1 atom stereocenters. The Morgan fingerprint density at radius 3 is 2.65 bits per heavy atom. The van der Waals surface area contributed by atoms with Crippen LogP contribution in [0.4, 0.5) is 4.79 Å². The van der Waals surface area contributed by atoms with Gasteiger partial charge >= 0.3 is 12.1 Å². The zero-order chi connectivity index (χ0) is 19.3. The lowest BCUT2D eigenvalue weighted by Gasteiger charge is -2.24. The van der Waals surface area contributed by atoms with Crippen molar-refractivity contribution in [1.29, 1.82) is 0 Å². The van der Waals surface area contributed by atoms with Crippen molar-refractivity contribution < 1.29 is 24.2 Å². The van der Waals surface area contributed by atoms with Crippen LogP contribution in [0.3, 0.4) is 0 Å². The zero-order valence-corrected chi connectivity index (χ0v) is 16.1. The van der Waals surface area contributed by atoms with Gasteiger partial charge in [0, 0.05) is 25.4 Å². The normalized spacial score (nSPS) is 17.2. The van der Waals surface area contributed by atoms with E-state index in [1.165, 1.54) is 0 Å². The molecule has 1 aromatic rings. The third kappa shape index (κ3) is 6.24. The lowest BCUT2D eigenvalue weighted by Crippen LogP contribution is -2.35. The number of carboxylic acids is 1. The van der Waals surface area contributed by atoms with E-state index >= 15 is 0 Å². The predicted molar refractivity (Wildman–Crippen MR) is 98.5 cm³/mol. The molecule has 1 aliphatic heterocycles. The second-order valence-electron chi connectivity index (χ2n) is 7.89. The summed E-state index contributed by atoms with van der Waals surface area (Å²) in [4.78, 5) is 24.5. The van der Waals surface area contributed by atoms with Gasteiger partial charge in [0.15, 0.2) is 0 Å². The van der Waals surface area contributed by atoms with E-state index in [1.807, 2.05) is 45.9 Å². The number of benzene rings is 1. The molecule has 0 bridgehead atoms. The number of amides is 1. The van der Waals surface area contributed by atoms with Gasteiger partial charge in [-0.1, -0.05) is 12.1 Å². The summed E-state index contributed by atoms with van der Waals surface area (Å²) in [6.07, 6.45) is 1.28. The Labute approximate surface area is 155 Å². The minimum Gasteiger partial charge on any atom is -0.493 e. The van der Waals surface area contributed by atoms with Gasteiger partial charge in [0.2, 0.25) is 0 Å². The van der Waals surface area contributed by atoms with Gasteiger partial charge < -0.3 is 19.5 Å². The number of carbonyl (C=O) groups excluding carboxylic acids is 1. The third-order valence-corrected chi connectivity index (χ3v) is 4.28. The van der Waals surface area contributed by atoms with Gasteiger partial charge in [-0.25, -0.2) is 4.79 Å². The first-order chi connectivity index (χ1) is 12.1. The van der Waals surface area contributed by atoms with Crippen LogP contribution in [0.5, 0.6) is 5.75 Å². The highest BCUT2D eigenvalue weighted by molar-refractivity contribution is 5.68. The average molecular weight is 363 g/mol. The monoisotopic (exact) mass is 363 g/mol. The smallest absolute Gasteiger partial charge is 0.410 e. The van der Waals surface area contributed by atoms with Crippen LogP contribution in [0.1, 0.15) is 44.7 Å². The summed E-state index contributed by atoms with van der Waals surface area (Å²) in [5, 5.41) is 8.77. The van der Waals surface area contributed by atoms with Crippen molar-refractivity contribution in [3.63, 3.8) is 0 Å². The average Bonchev–Trinajstić information content (AvgIpc) is 2.99. The standard InChI is InChI=1S/C20H29NO5/c1-14-11-15(6-8-18(22)23)5-7-17(14)25-13-16-9-10-21(12-16)19(24)26-20(2,3)4/h5,7,11,16H,6,8-10,12-13H2,1-4H3,(H,22,23). The lowest BCUT2D eigenvalue weighted by molar-refractivity contribution is -0.136. The molecule has 0 saturated carbocycles. The van der Waals surface area contributed by atoms with Crippen LogP contribution in [-0.4, -0.2) is 47.4 Å². The van der Waals surface area contributed by atoms with Gasteiger partial charge in [-0.3, -0.25) is 4.79 Å². The molecule has 1 amide bonds. The Kier molecular flexibility index (Phi) is 6.51. The molecule has 2 rings (SSSR count). The third-order valence-electron chi connectivity index (χ3n) is 4.28. The summed E-state index contributed by atoms with van der Waals surface area (Å²) in [7, 11) is 0. The largest absolute Gasteiger partial charge is 0.493 e. The number of ether oxygens (including phenoxy) is 2. The fraction of sp³-hybridized carbons (Fsp3) is 0.600. The first-order valence-corrected chi connectivity index (χ1v) is 9.06. The topological polar surface area (TPSA) is 76.1 Å². The molecule has 144 valence electrons. The fourth-order valence-corrected chi connectivity index (χ4v) is 2.95. The number of likely N-dealkylation sites (tertiary alicyclic amines) is 1. The van der Waals surface area contributed by atoms with E-state index in [9.17, 15) is 9.59 Å². The van der Waals surface area contributed by atoms with Gasteiger partial charge in [0.1, 0.15) is 11.4 Å². The summed E-state index contributed by atoms with van der Waals surface area (Å²) in [5.41, 5.74) is 1.51. The van der Waals surface area contributed by atoms with Crippen LogP contribution in [0.15, 0.2) is 18.2 Å². The van der Waals surface area contributed by atoms with Crippen LogP contribution < -0.4 is 4.74 Å². The number of nitrogens with zero attached hydrogens (tertiary/aromatic N) is 1. The highest BCUT2D eigenvalue weighted by Crippen LogP contribution is 2.24. The van der Waals surface area contributed by atoms with E-state index in [1.54, 1.807) is 4.90 Å². The van der Waals surface area contributed by atoms with Gasteiger partial charge in [0.25, 0.3) is 0 Å². The van der Waals surface area contributed by atoms with E-state index in [4.69, 9.17) is 14.6 Å². The van der Waals surface area contributed by atoms with Gasteiger partial charge in [-0.05, 0) is 57.7 Å². The second-order valence-corrected chi connectivity index (χ2v) is 7.89. The number of aliphatic carboxylic acids is 1. The molecule has 1 aromatic carbocycles. The van der Waals surface area contributed by atoms with E-state index in [2.05, 4.69) is 0 Å². The maximum absolute atomic E-state index is 12.1. The zero-order valence-electron chi connectivity index (χ0n) is 16.1. The molecule has 26 heavy (non-hydrogen) atoms. The molecule has 1 heterocycles. The van der Waals surface area contributed by atoms with Crippen LogP contribution in [-0.2, 0) is 16.0 Å². The Bertz CT molecular complexity index is 650. The highest BCUT2D eigenvalue weighted by atomic mass is 16.6. The second kappa shape index (κ2) is 8.43. The highest BCUT2D eigenvalue weighted by Gasteiger charge is 2.30. The molecular formula is C20H29NO5. The number of carbonyl (C=O) groups is 2. The van der Waals surface area contributed by atoms with Gasteiger partial charge in [-0.2, -0.15) is 0 Å². The fourth-order valence-electron chi connectivity index (χ4n) is 2.95. The van der Waals surface area contributed by atoms with Crippen LogP contribution in [0.2, 0.25) is 0 Å².